The average molecular weight is 317 g/mol. The predicted molar refractivity (Wildman–Crippen MR) is 90.1 cm³/mol. The van der Waals surface area contributed by atoms with Crippen LogP contribution in [0.4, 0.5) is 0 Å². The van der Waals surface area contributed by atoms with Crippen LogP contribution in [0.15, 0.2) is 30.3 Å². The molecule has 1 fully saturated rings. The number of benzene rings is 1. The second-order valence-electron chi connectivity index (χ2n) is 6.74. The van der Waals surface area contributed by atoms with E-state index in [1.807, 2.05) is 30.0 Å². The molecule has 1 aromatic carbocycles. The van der Waals surface area contributed by atoms with Crippen molar-refractivity contribution in [3.63, 3.8) is 0 Å². The van der Waals surface area contributed by atoms with E-state index in [2.05, 4.69) is 12.1 Å². The molecule has 2 unspecified atom stereocenters. The van der Waals surface area contributed by atoms with Crippen LogP contribution in [0.25, 0.3) is 0 Å². The fourth-order valence-electron chi connectivity index (χ4n) is 2.84. The molecule has 2 rings (SSSR count). The summed E-state index contributed by atoms with van der Waals surface area (Å²) in [6, 6.07) is 10.6. The third kappa shape index (κ3) is 5.38. The van der Waals surface area contributed by atoms with E-state index in [4.69, 9.17) is 5.11 Å². The molecule has 1 aliphatic carbocycles. The predicted octanol–water partition coefficient (Wildman–Crippen LogP) is 3.36. The minimum Gasteiger partial charge on any atom is -0.481 e. The summed E-state index contributed by atoms with van der Waals surface area (Å²) in [4.78, 5) is 25.5. The van der Waals surface area contributed by atoms with Crippen LogP contribution in [0.5, 0.6) is 0 Å². The Labute approximate surface area is 138 Å². The third-order valence-electron chi connectivity index (χ3n) is 4.53. The van der Waals surface area contributed by atoms with Crippen molar-refractivity contribution in [2.24, 2.45) is 11.8 Å². The number of hydrogen-bond donors (Lipinski definition) is 1. The lowest BCUT2D eigenvalue weighted by Crippen LogP contribution is -2.41. The molecule has 1 aliphatic rings. The molecule has 126 valence electrons. The van der Waals surface area contributed by atoms with Crippen LogP contribution in [0.1, 0.15) is 45.1 Å². The van der Waals surface area contributed by atoms with Crippen molar-refractivity contribution < 1.29 is 14.7 Å². The van der Waals surface area contributed by atoms with Gasteiger partial charge in [0.1, 0.15) is 0 Å². The number of hydrogen-bond acceptors (Lipinski definition) is 2. The van der Waals surface area contributed by atoms with Gasteiger partial charge in [-0.3, -0.25) is 9.59 Å². The Morgan fingerprint density at radius 3 is 2.39 bits per heavy atom. The first-order valence-electron chi connectivity index (χ1n) is 8.56. The number of carbonyl (C=O) groups excluding carboxylic acids is 1. The fraction of sp³-hybridized carbons (Fsp3) is 0.579. The normalized spacial score (nSPS) is 16.6. The highest BCUT2D eigenvalue weighted by Gasteiger charge is 2.35. The van der Waals surface area contributed by atoms with Gasteiger partial charge in [-0.2, -0.15) is 0 Å². The Morgan fingerprint density at radius 1 is 1.17 bits per heavy atom. The van der Waals surface area contributed by atoms with E-state index in [-0.39, 0.29) is 17.9 Å². The van der Waals surface area contributed by atoms with Gasteiger partial charge in [-0.1, -0.05) is 44.2 Å². The maximum atomic E-state index is 12.7. The zero-order chi connectivity index (χ0) is 16.8. The van der Waals surface area contributed by atoms with Gasteiger partial charge in [0.2, 0.25) is 5.91 Å². The largest absolute Gasteiger partial charge is 0.481 e. The first-order valence-corrected chi connectivity index (χ1v) is 8.56. The topological polar surface area (TPSA) is 57.6 Å². The van der Waals surface area contributed by atoms with Crippen molar-refractivity contribution in [1.29, 1.82) is 0 Å². The van der Waals surface area contributed by atoms with Gasteiger partial charge in [0.15, 0.2) is 0 Å². The highest BCUT2D eigenvalue weighted by atomic mass is 16.4. The molecule has 0 aliphatic heterocycles. The molecule has 0 heterocycles. The van der Waals surface area contributed by atoms with E-state index in [1.54, 1.807) is 6.92 Å². The summed E-state index contributed by atoms with van der Waals surface area (Å²) in [7, 11) is 0. The third-order valence-corrected chi connectivity index (χ3v) is 4.53. The SMILES string of the molecule is CC(CN(C(=O)C(C)CCCc1ccccc1)C1CC1)C(=O)O. The summed E-state index contributed by atoms with van der Waals surface area (Å²) >= 11 is 0. The summed E-state index contributed by atoms with van der Waals surface area (Å²) in [5.41, 5.74) is 1.30. The Morgan fingerprint density at radius 2 is 1.83 bits per heavy atom. The minimum absolute atomic E-state index is 0.0414. The number of carboxylic acids is 1. The van der Waals surface area contributed by atoms with Gasteiger partial charge < -0.3 is 10.0 Å². The number of rotatable bonds is 9. The molecule has 1 amide bonds. The minimum atomic E-state index is -0.833. The van der Waals surface area contributed by atoms with Crippen molar-refractivity contribution in [1.82, 2.24) is 4.90 Å². The maximum Gasteiger partial charge on any atom is 0.308 e. The van der Waals surface area contributed by atoms with Gasteiger partial charge in [0, 0.05) is 18.5 Å². The van der Waals surface area contributed by atoms with E-state index in [1.165, 1.54) is 5.56 Å². The second kappa shape index (κ2) is 8.14. The molecule has 2 atom stereocenters. The highest BCUT2D eigenvalue weighted by Crippen LogP contribution is 2.29. The maximum absolute atomic E-state index is 12.7. The lowest BCUT2D eigenvalue weighted by molar-refractivity contribution is -0.144. The number of aliphatic carboxylic acids is 1. The van der Waals surface area contributed by atoms with E-state index < -0.39 is 11.9 Å². The lowest BCUT2D eigenvalue weighted by atomic mass is 9.99. The number of carbonyl (C=O) groups is 2. The number of aryl methyl sites for hydroxylation is 1. The monoisotopic (exact) mass is 317 g/mol. The fourth-order valence-corrected chi connectivity index (χ4v) is 2.84. The van der Waals surface area contributed by atoms with E-state index in [9.17, 15) is 9.59 Å². The van der Waals surface area contributed by atoms with Gasteiger partial charge >= 0.3 is 5.97 Å². The Balaban J connectivity index is 1.82. The Bertz CT molecular complexity index is 525. The molecule has 0 spiro atoms. The molecule has 4 heteroatoms. The molecule has 0 aromatic heterocycles. The summed E-state index contributed by atoms with van der Waals surface area (Å²) in [6.45, 7) is 3.97. The van der Waals surface area contributed by atoms with Crippen LogP contribution in [0.2, 0.25) is 0 Å². The lowest BCUT2D eigenvalue weighted by Gasteiger charge is -2.27. The van der Waals surface area contributed by atoms with Crippen LogP contribution in [-0.2, 0) is 16.0 Å². The van der Waals surface area contributed by atoms with Gasteiger partial charge in [-0.15, -0.1) is 0 Å². The number of carboxylic acid groups (broad SMARTS) is 1. The van der Waals surface area contributed by atoms with Crippen LogP contribution >= 0.6 is 0 Å². The standard InChI is InChI=1S/C19H27NO3/c1-14(7-6-10-16-8-4-3-5-9-16)18(21)20(17-11-12-17)13-15(2)19(22)23/h3-5,8-9,14-15,17H,6-7,10-13H2,1-2H3,(H,22,23). The molecule has 1 aromatic rings. The molecule has 0 bridgehead atoms. The van der Waals surface area contributed by atoms with E-state index in [0.717, 1.165) is 32.1 Å². The summed E-state index contributed by atoms with van der Waals surface area (Å²) in [5.74, 6) is -1.26. The van der Waals surface area contributed by atoms with Crippen molar-refractivity contribution >= 4 is 11.9 Å². The van der Waals surface area contributed by atoms with E-state index >= 15 is 0 Å². The molecule has 4 nitrogen and oxygen atoms in total. The van der Waals surface area contributed by atoms with Gasteiger partial charge in [-0.25, -0.2) is 0 Å². The van der Waals surface area contributed by atoms with Crippen LogP contribution in [0.3, 0.4) is 0 Å². The number of amides is 1. The van der Waals surface area contributed by atoms with Crippen molar-refractivity contribution in [3.8, 4) is 0 Å². The van der Waals surface area contributed by atoms with Crippen LogP contribution < -0.4 is 0 Å². The van der Waals surface area contributed by atoms with Crippen molar-refractivity contribution in [2.75, 3.05) is 6.54 Å². The summed E-state index contributed by atoms with van der Waals surface area (Å²) < 4.78 is 0. The molecule has 0 saturated heterocycles. The zero-order valence-corrected chi connectivity index (χ0v) is 14.1. The zero-order valence-electron chi connectivity index (χ0n) is 14.1. The van der Waals surface area contributed by atoms with Gasteiger partial charge in [0.25, 0.3) is 0 Å². The molecule has 0 radical (unpaired) electrons. The highest BCUT2D eigenvalue weighted by molar-refractivity contribution is 5.80. The molecule has 23 heavy (non-hydrogen) atoms. The Hall–Kier alpha value is -1.84. The smallest absolute Gasteiger partial charge is 0.308 e. The average Bonchev–Trinajstić information content (AvgIpc) is 3.37. The molecular weight excluding hydrogens is 290 g/mol. The quantitative estimate of drug-likeness (QED) is 0.760. The first kappa shape index (κ1) is 17.5. The molecule has 1 saturated carbocycles. The second-order valence-corrected chi connectivity index (χ2v) is 6.74. The number of nitrogens with zero attached hydrogens (tertiary/aromatic N) is 1. The van der Waals surface area contributed by atoms with Crippen LogP contribution in [0, 0.1) is 11.8 Å². The summed E-state index contributed by atoms with van der Waals surface area (Å²) in [5, 5.41) is 9.08. The van der Waals surface area contributed by atoms with Crippen molar-refractivity contribution in [2.45, 2.75) is 52.0 Å². The van der Waals surface area contributed by atoms with Crippen LogP contribution in [-0.4, -0.2) is 34.5 Å². The van der Waals surface area contributed by atoms with E-state index in [0.29, 0.717) is 6.54 Å². The van der Waals surface area contributed by atoms with Gasteiger partial charge in [0.05, 0.1) is 5.92 Å². The molecular formula is C19H27NO3. The first-order chi connectivity index (χ1) is 11.0. The van der Waals surface area contributed by atoms with Gasteiger partial charge in [-0.05, 0) is 37.7 Å². The van der Waals surface area contributed by atoms with Crippen molar-refractivity contribution in [3.05, 3.63) is 35.9 Å². The summed E-state index contributed by atoms with van der Waals surface area (Å²) in [6.07, 6.45) is 4.82. The Kier molecular flexibility index (Phi) is 6.20. The molecule has 1 N–H and O–H groups in total.